The van der Waals surface area contributed by atoms with Crippen molar-refractivity contribution in [1.82, 2.24) is 19.9 Å². The first-order valence-electron chi connectivity index (χ1n) is 11.5. The summed E-state index contributed by atoms with van der Waals surface area (Å²) in [5.74, 6) is -0.0736. The third kappa shape index (κ3) is 4.40. The van der Waals surface area contributed by atoms with Gasteiger partial charge in [0, 0.05) is 41.4 Å². The Morgan fingerprint density at radius 1 is 1.31 bits per heavy atom. The second-order valence-corrected chi connectivity index (χ2v) is 14.1. The number of amides is 1. The van der Waals surface area contributed by atoms with Crippen LogP contribution in [-0.2, 0) is 11.6 Å². The molecule has 8 nitrogen and oxygen atoms in total. The number of aromatic amines is 1. The van der Waals surface area contributed by atoms with E-state index < -0.39 is 13.0 Å². The molecular formula is C25H26FN4O4PS. The van der Waals surface area contributed by atoms with Gasteiger partial charge in [-0.15, -0.1) is 11.3 Å². The van der Waals surface area contributed by atoms with Crippen LogP contribution in [0.1, 0.15) is 34.5 Å². The van der Waals surface area contributed by atoms with Gasteiger partial charge in [0.05, 0.1) is 15.7 Å². The van der Waals surface area contributed by atoms with Crippen LogP contribution in [0.5, 0.6) is 11.6 Å². The molecule has 2 N–H and O–H groups in total. The lowest BCUT2D eigenvalue weighted by atomic mass is 10.1. The average Bonchev–Trinajstić information content (AvgIpc) is 3.38. The minimum atomic E-state index is -2.69. The Labute approximate surface area is 210 Å². The van der Waals surface area contributed by atoms with Gasteiger partial charge in [0.1, 0.15) is 24.2 Å². The molecule has 5 rings (SSSR count). The van der Waals surface area contributed by atoms with Crippen molar-refractivity contribution in [3.8, 4) is 22.1 Å². The topological polar surface area (TPSA) is 106 Å². The number of ether oxygens (including phenoxy) is 1. The van der Waals surface area contributed by atoms with Crippen LogP contribution in [0.2, 0.25) is 0 Å². The van der Waals surface area contributed by atoms with E-state index in [-0.39, 0.29) is 23.4 Å². The van der Waals surface area contributed by atoms with Crippen molar-refractivity contribution < 1.29 is 18.5 Å². The lowest BCUT2D eigenvalue weighted by Crippen LogP contribution is -2.25. The molecule has 0 atom stereocenters. The molecule has 1 saturated carbocycles. The first-order valence-corrected chi connectivity index (χ1v) is 14.9. The SMILES string of the molecule is Cc1cc(F)cnc1Oc1c(-c2cn(C)c(=O)c3[nH]c(C(=O)NC4CC4)cc23)sc(P(C)(C)=O)c1C. The number of pyridine rings is 2. The summed E-state index contributed by atoms with van der Waals surface area (Å²) in [7, 11) is -1.06. The van der Waals surface area contributed by atoms with Crippen LogP contribution in [0.15, 0.2) is 29.3 Å². The van der Waals surface area contributed by atoms with Crippen LogP contribution in [-0.4, -0.2) is 39.8 Å². The lowest BCUT2D eigenvalue weighted by molar-refractivity contribution is 0.0947. The Morgan fingerprint density at radius 3 is 2.67 bits per heavy atom. The van der Waals surface area contributed by atoms with E-state index in [0.717, 1.165) is 19.0 Å². The van der Waals surface area contributed by atoms with Crippen LogP contribution < -0.4 is 20.2 Å². The summed E-state index contributed by atoms with van der Waals surface area (Å²) in [4.78, 5) is 33.4. The van der Waals surface area contributed by atoms with Crippen LogP contribution in [0.3, 0.4) is 0 Å². The van der Waals surface area contributed by atoms with Gasteiger partial charge in [-0.05, 0) is 52.2 Å². The highest BCUT2D eigenvalue weighted by Crippen LogP contribution is 2.49. The zero-order valence-corrected chi connectivity index (χ0v) is 22.3. The monoisotopic (exact) mass is 528 g/mol. The Hall–Kier alpha value is -3.23. The predicted octanol–water partition coefficient (Wildman–Crippen LogP) is 4.68. The maximum absolute atomic E-state index is 13.7. The zero-order valence-electron chi connectivity index (χ0n) is 20.6. The quantitative estimate of drug-likeness (QED) is 0.354. The number of H-pyrrole nitrogens is 1. The van der Waals surface area contributed by atoms with Crippen LogP contribution in [0, 0.1) is 19.7 Å². The van der Waals surface area contributed by atoms with Crippen LogP contribution in [0.25, 0.3) is 21.3 Å². The largest absolute Gasteiger partial charge is 0.437 e. The molecule has 1 fully saturated rings. The molecule has 0 aliphatic heterocycles. The molecule has 0 aromatic carbocycles. The molecule has 1 aliphatic carbocycles. The van der Waals surface area contributed by atoms with E-state index in [1.165, 1.54) is 22.0 Å². The van der Waals surface area contributed by atoms with Gasteiger partial charge in [-0.3, -0.25) is 9.59 Å². The number of thiophene rings is 1. The minimum Gasteiger partial charge on any atom is -0.437 e. The Balaban J connectivity index is 1.73. The molecule has 0 radical (unpaired) electrons. The van der Waals surface area contributed by atoms with E-state index in [4.69, 9.17) is 4.74 Å². The first kappa shape index (κ1) is 24.5. The summed E-state index contributed by atoms with van der Waals surface area (Å²) in [5, 5.41) is 3.49. The van der Waals surface area contributed by atoms with E-state index in [1.54, 1.807) is 39.6 Å². The summed E-state index contributed by atoms with van der Waals surface area (Å²) in [6, 6.07) is 3.17. The summed E-state index contributed by atoms with van der Waals surface area (Å²) >= 11 is 1.32. The van der Waals surface area contributed by atoms with E-state index in [9.17, 15) is 18.5 Å². The fourth-order valence-electron chi connectivity index (χ4n) is 4.16. The van der Waals surface area contributed by atoms with Crippen molar-refractivity contribution in [3.05, 3.63) is 57.5 Å². The van der Waals surface area contributed by atoms with Gasteiger partial charge in [-0.1, -0.05) is 0 Å². The van der Waals surface area contributed by atoms with Crippen molar-refractivity contribution in [2.75, 3.05) is 13.3 Å². The van der Waals surface area contributed by atoms with Crippen LogP contribution in [0.4, 0.5) is 4.39 Å². The third-order valence-electron chi connectivity index (χ3n) is 6.12. The smallest absolute Gasteiger partial charge is 0.274 e. The summed E-state index contributed by atoms with van der Waals surface area (Å²) in [5.41, 5.74) is 2.17. The maximum atomic E-state index is 13.7. The normalized spacial score (nSPS) is 13.8. The molecule has 11 heteroatoms. The highest BCUT2D eigenvalue weighted by Gasteiger charge is 2.29. The molecule has 0 unspecified atom stereocenters. The van der Waals surface area contributed by atoms with Crippen molar-refractivity contribution in [3.63, 3.8) is 0 Å². The molecule has 4 aromatic heterocycles. The number of nitrogens with zero attached hydrogens (tertiary/aromatic N) is 2. The highest BCUT2D eigenvalue weighted by molar-refractivity contribution is 7.76. The molecule has 188 valence electrons. The lowest BCUT2D eigenvalue weighted by Gasteiger charge is -2.11. The number of aryl methyl sites for hydroxylation is 2. The van der Waals surface area contributed by atoms with Gasteiger partial charge >= 0.3 is 0 Å². The number of nitrogens with one attached hydrogen (secondary N) is 2. The first-order chi connectivity index (χ1) is 16.9. The van der Waals surface area contributed by atoms with E-state index >= 15 is 0 Å². The molecule has 4 aromatic rings. The number of carbonyl (C=O) groups is 1. The number of hydrogen-bond donors (Lipinski definition) is 2. The third-order valence-corrected chi connectivity index (χ3v) is 10.1. The minimum absolute atomic E-state index is 0.170. The van der Waals surface area contributed by atoms with E-state index in [2.05, 4.69) is 15.3 Å². The Bertz CT molecular complexity index is 1640. The van der Waals surface area contributed by atoms with Crippen molar-refractivity contribution in [2.45, 2.75) is 32.7 Å². The second-order valence-electron chi connectivity index (χ2n) is 9.60. The van der Waals surface area contributed by atoms with Gasteiger partial charge in [0.2, 0.25) is 5.88 Å². The Kier molecular flexibility index (Phi) is 5.92. The summed E-state index contributed by atoms with van der Waals surface area (Å²) < 4.78 is 35.2. The molecule has 0 bridgehead atoms. The van der Waals surface area contributed by atoms with Crippen LogP contribution >= 0.6 is 18.5 Å². The number of fused-ring (bicyclic) bond motifs is 1. The fraction of sp³-hybridized carbons (Fsp3) is 0.320. The van der Waals surface area contributed by atoms with Gasteiger partial charge in [-0.25, -0.2) is 9.37 Å². The van der Waals surface area contributed by atoms with Gasteiger partial charge in [0.15, 0.2) is 5.75 Å². The number of aromatic nitrogens is 3. The number of hydrogen-bond acceptors (Lipinski definition) is 6. The summed E-state index contributed by atoms with van der Waals surface area (Å²) in [6.07, 6.45) is 4.66. The standard InChI is InChI=1S/C25H26FN4O4PS/c1-12-8-14(26)10-27-23(12)34-20-13(2)25(35(4,5)33)36-21(20)17-11-30(3)24(32)19-16(17)9-18(29-19)22(31)28-15-6-7-15/h8-11,15,29H,6-7H2,1-5H3,(H,28,31). The van der Waals surface area contributed by atoms with Crippen molar-refractivity contribution in [1.29, 1.82) is 0 Å². The average molecular weight is 529 g/mol. The maximum Gasteiger partial charge on any atom is 0.274 e. The molecular weight excluding hydrogens is 502 g/mol. The number of halogens is 1. The number of rotatable bonds is 6. The molecule has 1 aliphatic rings. The number of carbonyl (C=O) groups excluding carboxylic acids is 1. The zero-order chi connectivity index (χ0) is 25.9. The highest BCUT2D eigenvalue weighted by atomic mass is 32.1. The van der Waals surface area contributed by atoms with E-state index in [1.807, 2.05) is 6.92 Å². The van der Waals surface area contributed by atoms with Crippen molar-refractivity contribution >= 4 is 39.9 Å². The van der Waals surface area contributed by atoms with Gasteiger partial charge in [0.25, 0.3) is 11.5 Å². The second kappa shape index (κ2) is 8.71. The van der Waals surface area contributed by atoms with Crippen molar-refractivity contribution in [2.24, 2.45) is 7.05 Å². The fourth-order valence-corrected chi connectivity index (χ4v) is 7.22. The predicted molar refractivity (Wildman–Crippen MR) is 140 cm³/mol. The molecule has 0 saturated heterocycles. The summed E-state index contributed by atoms with van der Waals surface area (Å²) in [6.45, 7) is 6.90. The molecule has 0 spiro atoms. The Morgan fingerprint density at radius 2 is 2.03 bits per heavy atom. The molecule has 1 amide bonds. The molecule has 36 heavy (non-hydrogen) atoms. The van der Waals surface area contributed by atoms with Gasteiger partial charge < -0.3 is 24.2 Å². The molecule has 4 heterocycles. The van der Waals surface area contributed by atoms with E-state index in [0.29, 0.717) is 48.5 Å². The van der Waals surface area contributed by atoms with Gasteiger partial charge in [-0.2, -0.15) is 0 Å².